The SMILES string of the molecule is CC(NC(=O)c1ccc(Nc2cccc3cccnc23)cn1)c1ccccc1. The van der Waals surface area contributed by atoms with Gasteiger partial charge in [0.2, 0.25) is 0 Å². The smallest absolute Gasteiger partial charge is 0.270 e. The largest absolute Gasteiger partial charge is 0.352 e. The van der Waals surface area contributed by atoms with Crippen molar-refractivity contribution in [1.29, 1.82) is 0 Å². The zero-order valence-electron chi connectivity index (χ0n) is 15.5. The van der Waals surface area contributed by atoms with E-state index in [2.05, 4.69) is 20.6 Å². The average Bonchev–Trinajstić information content (AvgIpc) is 2.75. The van der Waals surface area contributed by atoms with Gasteiger partial charge in [-0.15, -0.1) is 0 Å². The van der Waals surface area contributed by atoms with E-state index in [1.54, 1.807) is 18.5 Å². The van der Waals surface area contributed by atoms with Crippen molar-refractivity contribution >= 4 is 28.2 Å². The second-order valence-corrected chi connectivity index (χ2v) is 6.54. The normalized spacial score (nSPS) is 11.8. The van der Waals surface area contributed by atoms with E-state index in [9.17, 15) is 4.79 Å². The van der Waals surface area contributed by atoms with Crippen LogP contribution < -0.4 is 10.6 Å². The average molecular weight is 368 g/mol. The monoisotopic (exact) mass is 368 g/mol. The van der Waals surface area contributed by atoms with Crippen molar-refractivity contribution in [2.24, 2.45) is 0 Å². The highest BCUT2D eigenvalue weighted by molar-refractivity contribution is 5.94. The molecule has 4 aromatic rings. The fraction of sp³-hybridized carbons (Fsp3) is 0.0870. The number of nitrogens with one attached hydrogen (secondary N) is 2. The van der Waals surface area contributed by atoms with Crippen molar-refractivity contribution in [2.75, 3.05) is 5.32 Å². The third-order valence-electron chi connectivity index (χ3n) is 4.56. The second kappa shape index (κ2) is 7.88. The van der Waals surface area contributed by atoms with Gasteiger partial charge in [0, 0.05) is 11.6 Å². The molecule has 2 aromatic carbocycles. The lowest BCUT2D eigenvalue weighted by atomic mass is 10.1. The van der Waals surface area contributed by atoms with Gasteiger partial charge in [-0.1, -0.05) is 48.5 Å². The summed E-state index contributed by atoms with van der Waals surface area (Å²) in [5.41, 5.74) is 4.02. The highest BCUT2D eigenvalue weighted by Crippen LogP contribution is 2.24. The number of rotatable bonds is 5. The quantitative estimate of drug-likeness (QED) is 0.528. The van der Waals surface area contributed by atoms with Gasteiger partial charge in [0.15, 0.2) is 0 Å². The summed E-state index contributed by atoms with van der Waals surface area (Å²) in [6.07, 6.45) is 3.43. The summed E-state index contributed by atoms with van der Waals surface area (Å²) in [7, 11) is 0. The number of carbonyl (C=O) groups excluding carboxylic acids is 1. The number of amides is 1. The molecule has 2 aromatic heterocycles. The van der Waals surface area contributed by atoms with Crippen molar-refractivity contribution in [3.05, 3.63) is 96.4 Å². The van der Waals surface area contributed by atoms with Gasteiger partial charge in [-0.3, -0.25) is 9.78 Å². The van der Waals surface area contributed by atoms with Gasteiger partial charge in [0.25, 0.3) is 5.91 Å². The summed E-state index contributed by atoms with van der Waals surface area (Å²) in [6.45, 7) is 1.96. The van der Waals surface area contributed by atoms with Gasteiger partial charge >= 0.3 is 0 Å². The maximum absolute atomic E-state index is 12.5. The molecule has 0 spiro atoms. The molecule has 1 amide bonds. The van der Waals surface area contributed by atoms with Gasteiger partial charge in [0.1, 0.15) is 5.69 Å². The van der Waals surface area contributed by atoms with E-state index in [1.807, 2.05) is 73.7 Å². The molecule has 0 aliphatic carbocycles. The van der Waals surface area contributed by atoms with E-state index in [4.69, 9.17) is 0 Å². The van der Waals surface area contributed by atoms with Crippen LogP contribution in [0.15, 0.2) is 85.2 Å². The molecule has 0 saturated heterocycles. The Balaban J connectivity index is 1.47. The number of fused-ring (bicyclic) bond motifs is 1. The summed E-state index contributed by atoms with van der Waals surface area (Å²) in [5.74, 6) is -0.199. The molecule has 2 heterocycles. The Morgan fingerprint density at radius 2 is 1.71 bits per heavy atom. The van der Waals surface area contributed by atoms with Crippen molar-refractivity contribution in [3.8, 4) is 0 Å². The Labute approximate surface area is 163 Å². The zero-order chi connectivity index (χ0) is 19.3. The number of carbonyl (C=O) groups is 1. The Morgan fingerprint density at radius 1 is 0.893 bits per heavy atom. The van der Waals surface area contributed by atoms with Crippen molar-refractivity contribution in [1.82, 2.24) is 15.3 Å². The number of para-hydroxylation sites is 1. The number of benzene rings is 2. The van der Waals surface area contributed by atoms with Gasteiger partial charge in [-0.05, 0) is 36.8 Å². The number of pyridine rings is 2. The molecule has 5 nitrogen and oxygen atoms in total. The summed E-state index contributed by atoms with van der Waals surface area (Å²) in [6, 6.07) is 23.2. The first-order valence-corrected chi connectivity index (χ1v) is 9.13. The van der Waals surface area contributed by atoms with Crippen LogP contribution in [0.3, 0.4) is 0 Å². The van der Waals surface area contributed by atoms with Crippen LogP contribution in [0.2, 0.25) is 0 Å². The molecular formula is C23H20N4O. The van der Waals surface area contributed by atoms with Crippen LogP contribution in [-0.2, 0) is 0 Å². The van der Waals surface area contributed by atoms with Crippen LogP contribution in [-0.4, -0.2) is 15.9 Å². The van der Waals surface area contributed by atoms with Gasteiger partial charge in [0.05, 0.1) is 29.1 Å². The fourth-order valence-corrected chi connectivity index (χ4v) is 3.06. The lowest BCUT2D eigenvalue weighted by molar-refractivity contribution is 0.0935. The van der Waals surface area contributed by atoms with E-state index < -0.39 is 0 Å². The Kier molecular flexibility index (Phi) is 4.97. The molecular weight excluding hydrogens is 348 g/mol. The van der Waals surface area contributed by atoms with E-state index in [0.717, 1.165) is 27.8 Å². The number of nitrogens with zero attached hydrogens (tertiary/aromatic N) is 2. The van der Waals surface area contributed by atoms with Gasteiger partial charge in [-0.25, -0.2) is 4.98 Å². The minimum atomic E-state index is -0.199. The number of hydrogen-bond acceptors (Lipinski definition) is 4. The predicted molar refractivity (Wildman–Crippen MR) is 112 cm³/mol. The van der Waals surface area contributed by atoms with E-state index >= 15 is 0 Å². The molecule has 0 aliphatic heterocycles. The second-order valence-electron chi connectivity index (χ2n) is 6.54. The van der Waals surface area contributed by atoms with Gasteiger partial charge in [-0.2, -0.15) is 0 Å². The van der Waals surface area contributed by atoms with Crippen LogP contribution in [0.1, 0.15) is 29.0 Å². The maximum atomic E-state index is 12.5. The standard InChI is InChI=1S/C23H20N4O/c1-16(17-7-3-2-4-8-17)26-23(28)21-13-12-19(15-25-21)27-20-11-5-9-18-10-6-14-24-22(18)20/h2-16,27H,1H3,(H,26,28). The third-order valence-corrected chi connectivity index (χ3v) is 4.56. The highest BCUT2D eigenvalue weighted by Gasteiger charge is 2.12. The molecule has 0 saturated carbocycles. The Morgan fingerprint density at radius 3 is 2.50 bits per heavy atom. The van der Waals surface area contributed by atoms with Crippen LogP contribution in [0, 0.1) is 0 Å². The Hall–Kier alpha value is -3.73. The van der Waals surface area contributed by atoms with Crippen molar-refractivity contribution in [2.45, 2.75) is 13.0 Å². The highest BCUT2D eigenvalue weighted by atomic mass is 16.1. The first kappa shape index (κ1) is 17.7. The molecule has 5 heteroatoms. The van der Waals surface area contributed by atoms with Crippen LogP contribution in [0.25, 0.3) is 10.9 Å². The molecule has 0 bridgehead atoms. The summed E-state index contributed by atoms with van der Waals surface area (Å²) < 4.78 is 0. The lowest BCUT2D eigenvalue weighted by Crippen LogP contribution is -2.27. The van der Waals surface area contributed by atoms with Crippen molar-refractivity contribution in [3.63, 3.8) is 0 Å². The summed E-state index contributed by atoms with van der Waals surface area (Å²) >= 11 is 0. The van der Waals surface area contributed by atoms with Gasteiger partial charge < -0.3 is 10.6 Å². The minimum absolute atomic E-state index is 0.0879. The molecule has 0 radical (unpaired) electrons. The first-order chi connectivity index (χ1) is 13.7. The fourth-order valence-electron chi connectivity index (χ4n) is 3.06. The van der Waals surface area contributed by atoms with E-state index in [0.29, 0.717) is 5.69 Å². The van der Waals surface area contributed by atoms with E-state index in [1.165, 1.54) is 0 Å². The molecule has 0 aliphatic rings. The third kappa shape index (κ3) is 3.83. The molecule has 138 valence electrons. The molecule has 1 unspecified atom stereocenters. The summed E-state index contributed by atoms with van der Waals surface area (Å²) in [5, 5.41) is 7.36. The number of aromatic nitrogens is 2. The number of hydrogen-bond donors (Lipinski definition) is 2. The lowest BCUT2D eigenvalue weighted by Gasteiger charge is -2.14. The number of anilines is 2. The van der Waals surface area contributed by atoms with Crippen LogP contribution in [0.4, 0.5) is 11.4 Å². The minimum Gasteiger partial charge on any atom is -0.352 e. The van der Waals surface area contributed by atoms with Crippen LogP contribution >= 0.6 is 0 Å². The van der Waals surface area contributed by atoms with Crippen molar-refractivity contribution < 1.29 is 4.79 Å². The van der Waals surface area contributed by atoms with Crippen LogP contribution in [0.5, 0.6) is 0 Å². The summed E-state index contributed by atoms with van der Waals surface area (Å²) in [4.78, 5) is 21.2. The topological polar surface area (TPSA) is 66.9 Å². The predicted octanol–water partition coefficient (Wildman–Crippen LogP) is 4.86. The molecule has 2 N–H and O–H groups in total. The molecule has 0 fully saturated rings. The maximum Gasteiger partial charge on any atom is 0.270 e. The van der Waals surface area contributed by atoms with E-state index in [-0.39, 0.29) is 11.9 Å². The Bertz CT molecular complexity index is 1090. The zero-order valence-corrected chi connectivity index (χ0v) is 15.5. The first-order valence-electron chi connectivity index (χ1n) is 9.13. The molecule has 1 atom stereocenters. The molecule has 4 rings (SSSR count). The molecule has 28 heavy (non-hydrogen) atoms.